The number of nitrogens with zero attached hydrogens (tertiary/aromatic N) is 1. The third kappa shape index (κ3) is 1.70. The highest BCUT2D eigenvalue weighted by molar-refractivity contribution is 7.81. The largest absolute Gasteiger partial charge is 0.337 e. The van der Waals surface area contributed by atoms with Gasteiger partial charge in [-0.15, -0.1) is 0 Å². The van der Waals surface area contributed by atoms with Crippen molar-refractivity contribution in [1.29, 1.82) is 0 Å². The van der Waals surface area contributed by atoms with E-state index in [1.54, 1.807) is 0 Å². The number of hydrogen-bond acceptors (Lipinski definition) is 2. The van der Waals surface area contributed by atoms with Crippen LogP contribution in [0.4, 0.5) is 0 Å². The number of hydrogen-bond donors (Lipinski definition) is 1. The van der Waals surface area contributed by atoms with Crippen LogP contribution in [-0.4, -0.2) is 28.6 Å². The van der Waals surface area contributed by atoms with Crippen LogP contribution in [0.5, 0.6) is 0 Å². The van der Waals surface area contributed by atoms with Crippen LogP contribution in [0.2, 0.25) is 0 Å². The topological polar surface area (TPSA) is 20.3 Å². The van der Waals surface area contributed by atoms with Gasteiger partial charge in [0.25, 0.3) is 0 Å². The Labute approximate surface area is 73.4 Å². The second kappa shape index (κ2) is 3.05. The number of likely N-dealkylation sites (tertiary alicyclic amines) is 1. The van der Waals surface area contributed by atoms with E-state index in [1.165, 1.54) is 0 Å². The number of carbonyl (C=O) groups is 1. The molecule has 1 aliphatic rings. The average Bonchev–Trinajstić information content (AvgIpc) is 2.28. The van der Waals surface area contributed by atoms with E-state index in [-0.39, 0.29) is 11.4 Å². The molecule has 0 saturated carbocycles. The van der Waals surface area contributed by atoms with E-state index in [9.17, 15) is 4.79 Å². The molecule has 0 aromatic heterocycles. The fraction of sp³-hybridized carbons (Fsp3) is 0.875. The first kappa shape index (κ1) is 8.91. The molecule has 1 heterocycles. The molecular formula is C8H15NOS. The molecule has 0 aromatic rings. The fourth-order valence-electron chi connectivity index (χ4n) is 1.66. The van der Waals surface area contributed by atoms with E-state index >= 15 is 0 Å². The molecule has 1 aliphatic heterocycles. The third-order valence-electron chi connectivity index (χ3n) is 2.34. The predicted octanol–water partition coefficient (Wildman–Crippen LogP) is 1.32. The summed E-state index contributed by atoms with van der Waals surface area (Å²) in [5.74, 6) is 0.500. The number of rotatable bonds is 1. The summed E-state index contributed by atoms with van der Waals surface area (Å²) in [6, 6.07) is 0. The van der Waals surface area contributed by atoms with Gasteiger partial charge in [-0.05, 0) is 26.7 Å². The molecule has 0 atom stereocenters. The van der Waals surface area contributed by atoms with Crippen molar-refractivity contribution in [1.82, 2.24) is 4.90 Å². The van der Waals surface area contributed by atoms with Gasteiger partial charge in [0.1, 0.15) is 0 Å². The lowest BCUT2D eigenvalue weighted by atomic mass is 10.0. The molecule has 0 unspecified atom stereocenters. The van der Waals surface area contributed by atoms with Crippen LogP contribution in [0.3, 0.4) is 0 Å². The van der Waals surface area contributed by atoms with Crippen LogP contribution in [0.1, 0.15) is 26.7 Å². The van der Waals surface area contributed by atoms with Gasteiger partial charge >= 0.3 is 0 Å². The Morgan fingerprint density at radius 2 is 2.27 bits per heavy atom. The quantitative estimate of drug-likeness (QED) is 0.593. The molecule has 0 bridgehead atoms. The molecular weight excluding hydrogens is 158 g/mol. The van der Waals surface area contributed by atoms with Crippen molar-refractivity contribution in [3.63, 3.8) is 0 Å². The Morgan fingerprint density at radius 1 is 1.64 bits per heavy atom. The molecule has 1 saturated heterocycles. The SMILES string of the molecule is CC1(C)CCCN1C(=O)CS. The van der Waals surface area contributed by atoms with Gasteiger partial charge in [0.05, 0.1) is 5.75 Å². The molecule has 0 N–H and O–H groups in total. The van der Waals surface area contributed by atoms with Crippen LogP contribution >= 0.6 is 12.6 Å². The monoisotopic (exact) mass is 173 g/mol. The first-order valence-corrected chi connectivity index (χ1v) is 4.62. The maximum absolute atomic E-state index is 11.3. The van der Waals surface area contributed by atoms with Crippen LogP contribution in [0.15, 0.2) is 0 Å². The van der Waals surface area contributed by atoms with Crippen LogP contribution in [0, 0.1) is 0 Å². The van der Waals surface area contributed by atoms with Crippen molar-refractivity contribution >= 4 is 18.5 Å². The summed E-state index contributed by atoms with van der Waals surface area (Å²) in [5.41, 5.74) is 0.0693. The Bertz CT molecular complexity index is 167. The maximum atomic E-state index is 11.3. The van der Waals surface area contributed by atoms with Crippen LogP contribution in [0.25, 0.3) is 0 Å². The van der Waals surface area contributed by atoms with E-state index in [4.69, 9.17) is 0 Å². The maximum Gasteiger partial charge on any atom is 0.232 e. The highest BCUT2D eigenvalue weighted by Crippen LogP contribution is 2.27. The summed E-state index contributed by atoms with van der Waals surface area (Å²) in [6.45, 7) is 5.13. The summed E-state index contributed by atoms with van der Waals surface area (Å²) < 4.78 is 0. The number of amides is 1. The first-order valence-electron chi connectivity index (χ1n) is 3.99. The standard InChI is InChI=1S/C8H15NOS/c1-8(2)4-3-5-9(8)7(10)6-11/h11H,3-6H2,1-2H3. The van der Waals surface area contributed by atoms with Crippen LogP contribution in [-0.2, 0) is 4.79 Å². The normalized spacial score (nSPS) is 22.3. The second-order valence-electron chi connectivity index (χ2n) is 3.62. The molecule has 0 aliphatic carbocycles. The molecule has 0 radical (unpaired) electrons. The van der Waals surface area contributed by atoms with Gasteiger partial charge < -0.3 is 4.90 Å². The van der Waals surface area contributed by atoms with Gasteiger partial charge in [-0.25, -0.2) is 0 Å². The van der Waals surface area contributed by atoms with Crippen molar-refractivity contribution < 1.29 is 4.79 Å². The Hall–Kier alpha value is -0.180. The Morgan fingerprint density at radius 3 is 2.64 bits per heavy atom. The minimum atomic E-state index is 0.0693. The molecule has 1 rings (SSSR count). The van der Waals surface area contributed by atoms with Gasteiger partial charge in [-0.3, -0.25) is 4.79 Å². The van der Waals surface area contributed by atoms with E-state index in [0.29, 0.717) is 5.75 Å². The van der Waals surface area contributed by atoms with Crippen molar-refractivity contribution in [3.05, 3.63) is 0 Å². The molecule has 11 heavy (non-hydrogen) atoms. The van der Waals surface area contributed by atoms with Crippen molar-refractivity contribution in [2.75, 3.05) is 12.3 Å². The molecule has 64 valence electrons. The average molecular weight is 173 g/mol. The van der Waals surface area contributed by atoms with Gasteiger partial charge in [-0.1, -0.05) is 0 Å². The van der Waals surface area contributed by atoms with Crippen molar-refractivity contribution in [2.24, 2.45) is 0 Å². The Balaban J connectivity index is 2.64. The lowest BCUT2D eigenvalue weighted by Gasteiger charge is -2.31. The summed E-state index contributed by atoms with van der Waals surface area (Å²) in [5, 5.41) is 0. The molecule has 1 fully saturated rings. The van der Waals surface area contributed by atoms with Crippen molar-refractivity contribution in [2.45, 2.75) is 32.2 Å². The summed E-state index contributed by atoms with van der Waals surface area (Å²) >= 11 is 3.98. The zero-order chi connectivity index (χ0) is 8.48. The molecule has 1 amide bonds. The minimum Gasteiger partial charge on any atom is -0.337 e. The number of thiol groups is 1. The highest BCUT2D eigenvalue weighted by atomic mass is 32.1. The lowest BCUT2D eigenvalue weighted by molar-refractivity contribution is -0.131. The highest BCUT2D eigenvalue weighted by Gasteiger charge is 2.34. The van der Waals surface area contributed by atoms with Crippen LogP contribution < -0.4 is 0 Å². The smallest absolute Gasteiger partial charge is 0.232 e. The molecule has 2 nitrogen and oxygen atoms in total. The lowest BCUT2D eigenvalue weighted by Crippen LogP contribution is -2.43. The molecule has 3 heteroatoms. The zero-order valence-electron chi connectivity index (χ0n) is 7.13. The molecule has 0 aromatic carbocycles. The van der Waals surface area contributed by atoms with E-state index in [1.807, 2.05) is 4.90 Å². The minimum absolute atomic E-state index is 0.0693. The third-order valence-corrected chi connectivity index (χ3v) is 2.61. The molecule has 0 spiro atoms. The first-order chi connectivity index (χ1) is 5.08. The Kier molecular flexibility index (Phi) is 2.47. The second-order valence-corrected chi connectivity index (χ2v) is 3.94. The van der Waals surface area contributed by atoms with Gasteiger partial charge in [0, 0.05) is 12.1 Å². The summed E-state index contributed by atoms with van der Waals surface area (Å²) in [4.78, 5) is 13.2. The van der Waals surface area contributed by atoms with Crippen molar-refractivity contribution in [3.8, 4) is 0 Å². The zero-order valence-corrected chi connectivity index (χ0v) is 8.03. The van der Waals surface area contributed by atoms with Gasteiger partial charge in [-0.2, -0.15) is 12.6 Å². The van der Waals surface area contributed by atoms with E-state index in [2.05, 4.69) is 26.5 Å². The predicted molar refractivity (Wildman–Crippen MR) is 48.9 cm³/mol. The van der Waals surface area contributed by atoms with E-state index < -0.39 is 0 Å². The summed E-state index contributed by atoms with van der Waals surface area (Å²) in [7, 11) is 0. The fourth-order valence-corrected chi connectivity index (χ4v) is 1.83. The van der Waals surface area contributed by atoms with Gasteiger partial charge in [0.2, 0.25) is 5.91 Å². The van der Waals surface area contributed by atoms with E-state index in [0.717, 1.165) is 19.4 Å². The summed E-state index contributed by atoms with van der Waals surface area (Å²) in [6.07, 6.45) is 2.25. The van der Waals surface area contributed by atoms with Gasteiger partial charge in [0.15, 0.2) is 0 Å². The number of carbonyl (C=O) groups excluding carboxylic acids is 1.